The molecule has 0 radical (unpaired) electrons. The lowest BCUT2D eigenvalue weighted by Crippen LogP contribution is -2.25. The second kappa shape index (κ2) is 7.17. The number of thioether (sulfide) groups is 1. The summed E-state index contributed by atoms with van der Waals surface area (Å²) in [6.45, 7) is 7.02. The summed E-state index contributed by atoms with van der Waals surface area (Å²) in [5.41, 5.74) is 5.58. The van der Waals surface area contributed by atoms with Gasteiger partial charge in [0, 0.05) is 18.4 Å². The molecule has 1 rings (SSSR count). The second-order valence-electron chi connectivity index (χ2n) is 3.69. The second-order valence-corrected chi connectivity index (χ2v) is 4.78. The van der Waals surface area contributed by atoms with Crippen molar-refractivity contribution in [2.45, 2.75) is 18.9 Å². The average molecular weight is 270 g/mol. The summed E-state index contributed by atoms with van der Waals surface area (Å²) in [6.07, 6.45) is 0. The summed E-state index contributed by atoms with van der Waals surface area (Å²) >= 11 is 1.37. The Bertz CT molecular complexity index is 410. The molecule has 0 spiro atoms. The number of nitro groups is 1. The van der Waals surface area contributed by atoms with Gasteiger partial charge in [-0.3, -0.25) is 10.1 Å². The van der Waals surface area contributed by atoms with Crippen LogP contribution in [0.3, 0.4) is 0 Å². The quantitative estimate of drug-likeness (QED) is 0.463. The smallest absolute Gasteiger partial charge is 0.301 e. The fourth-order valence-corrected chi connectivity index (χ4v) is 2.51. The molecule has 1 aromatic rings. The molecule has 0 aliphatic heterocycles. The number of pyridine rings is 1. The Morgan fingerprint density at radius 2 is 2.11 bits per heavy atom. The third-order valence-electron chi connectivity index (χ3n) is 2.60. The van der Waals surface area contributed by atoms with E-state index in [-0.39, 0.29) is 5.69 Å². The molecule has 0 unspecified atom stereocenters. The lowest BCUT2D eigenvalue weighted by Gasteiger charge is -2.17. The molecule has 18 heavy (non-hydrogen) atoms. The van der Waals surface area contributed by atoms with Crippen LogP contribution in [-0.4, -0.2) is 40.2 Å². The number of nitrogens with two attached hydrogens (primary N) is 1. The van der Waals surface area contributed by atoms with Crippen LogP contribution in [0.1, 0.15) is 13.8 Å². The van der Waals surface area contributed by atoms with Gasteiger partial charge in [0.1, 0.15) is 5.82 Å². The Kier molecular flexibility index (Phi) is 5.87. The van der Waals surface area contributed by atoms with E-state index in [4.69, 9.17) is 5.73 Å². The fraction of sp³-hybridized carbons (Fsp3) is 0.545. The van der Waals surface area contributed by atoms with Gasteiger partial charge in [0.2, 0.25) is 0 Å². The molecule has 0 bridgehead atoms. The number of anilines is 1. The fourth-order valence-electron chi connectivity index (χ4n) is 1.50. The van der Waals surface area contributed by atoms with Crippen molar-refractivity contribution in [3.8, 4) is 0 Å². The highest BCUT2D eigenvalue weighted by Crippen LogP contribution is 2.27. The zero-order valence-corrected chi connectivity index (χ0v) is 11.4. The molecular weight excluding hydrogens is 252 g/mol. The molecule has 0 aliphatic rings. The maximum atomic E-state index is 10.8. The molecule has 0 aliphatic carbocycles. The van der Waals surface area contributed by atoms with E-state index in [1.54, 1.807) is 0 Å². The van der Waals surface area contributed by atoms with Crippen molar-refractivity contribution >= 4 is 23.3 Å². The van der Waals surface area contributed by atoms with Gasteiger partial charge in [0.25, 0.3) is 0 Å². The van der Waals surface area contributed by atoms with Crippen LogP contribution in [0, 0.1) is 10.1 Å². The van der Waals surface area contributed by atoms with E-state index >= 15 is 0 Å². The van der Waals surface area contributed by atoms with Crippen LogP contribution >= 0.6 is 11.8 Å². The molecule has 1 heterocycles. The number of hydrogen-bond acceptors (Lipinski definition) is 6. The summed E-state index contributed by atoms with van der Waals surface area (Å²) in [4.78, 5) is 16.7. The van der Waals surface area contributed by atoms with Crippen molar-refractivity contribution in [2.75, 3.05) is 31.1 Å². The lowest BCUT2D eigenvalue weighted by atomic mass is 10.4. The predicted octanol–water partition coefficient (Wildman–Crippen LogP) is 2.01. The first-order valence-corrected chi connectivity index (χ1v) is 6.83. The van der Waals surface area contributed by atoms with Crippen molar-refractivity contribution in [3.63, 3.8) is 0 Å². The number of rotatable bonds is 7. The summed E-state index contributed by atoms with van der Waals surface area (Å²) in [7, 11) is 0. The Balaban J connectivity index is 2.66. The highest BCUT2D eigenvalue weighted by Gasteiger charge is 2.15. The molecule has 6 nitrogen and oxygen atoms in total. The minimum absolute atomic E-state index is 0.0220. The normalized spacial score (nSPS) is 10.8. The van der Waals surface area contributed by atoms with E-state index in [0.717, 1.165) is 25.4 Å². The van der Waals surface area contributed by atoms with Crippen LogP contribution in [0.4, 0.5) is 11.5 Å². The van der Waals surface area contributed by atoms with Crippen LogP contribution in [0.25, 0.3) is 0 Å². The molecule has 1 aromatic heterocycles. The standard InChI is InChI=1S/C11H18N4O2S/c1-3-14(4-2)7-8-18-11-9(15(16)17)5-6-10(12)13-11/h5-6H,3-4,7-8H2,1-2H3,(H2,12,13). The Morgan fingerprint density at radius 3 is 2.67 bits per heavy atom. The van der Waals surface area contributed by atoms with Crippen LogP contribution in [0.15, 0.2) is 17.2 Å². The first-order valence-electron chi connectivity index (χ1n) is 5.84. The van der Waals surface area contributed by atoms with E-state index in [0.29, 0.717) is 10.8 Å². The van der Waals surface area contributed by atoms with Gasteiger partial charge in [0.05, 0.1) is 4.92 Å². The molecule has 2 N–H and O–H groups in total. The number of nitrogen functional groups attached to an aromatic ring is 1. The minimum atomic E-state index is -0.424. The first-order chi connectivity index (χ1) is 8.58. The van der Waals surface area contributed by atoms with E-state index in [1.165, 1.54) is 23.9 Å². The highest BCUT2D eigenvalue weighted by atomic mass is 32.2. The van der Waals surface area contributed by atoms with Gasteiger partial charge < -0.3 is 10.6 Å². The minimum Gasteiger partial charge on any atom is -0.384 e. The van der Waals surface area contributed by atoms with Crippen molar-refractivity contribution < 1.29 is 4.92 Å². The third kappa shape index (κ3) is 4.15. The summed E-state index contributed by atoms with van der Waals surface area (Å²) in [6, 6.07) is 2.86. The largest absolute Gasteiger partial charge is 0.384 e. The molecule has 0 fully saturated rings. The molecule has 0 saturated heterocycles. The molecule has 7 heteroatoms. The Hall–Kier alpha value is -1.34. The molecule has 0 saturated carbocycles. The maximum absolute atomic E-state index is 10.8. The van der Waals surface area contributed by atoms with Gasteiger partial charge >= 0.3 is 5.69 Å². The molecule has 0 atom stereocenters. The number of hydrogen-bond donors (Lipinski definition) is 1. The maximum Gasteiger partial charge on any atom is 0.301 e. The molecular formula is C11H18N4O2S. The van der Waals surface area contributed by atoms with E-state index in [9.17, 15) is 10.1 Å². The number of aromatic nitrogens is 1. The van der Waals surface area contributed by atoms with Crippen LogP contribution in [-0.2, 0) is 0 Å². The van der Waals surface area contributed by atoms with Gasteiger partial charge in [-0.15, -0.1) is 0 Å². The van der Waals surface area contributed by atoms with Gasteiger partial charge in [-0.2, -0.15) is 0 Å². The zero-order valence-electron chi connectivity index (χ0n) is 10.6. The molecule has 0 aromatic carbocycles. The predicted molar refractivity (Wildman–Crippen MR) is 73.8 cm³/mol. The molecule has 0 amide bonds. The van der Waals surface area contributed by atoms with E-state index in [1.807, 2.05) is 0 Å². The van der Waals surface area contributed by atoms with Gasteiger partial charge in [-0.05, 0) is 19.2 Å². The monoisotopic (exact) mass is 270 g/mol. The van der Waals surface area contributed by atoms with E-state index < -0.39 is 4.92 Å². The van der Waals surface area contributed by atoms with Crippen molar-refractivity contribution in [1.29, 1.82) is 0 Å². The Morgan fingerprint density at radius 1 is 1.44 bits per heavy atom. The Labute approximate surface area is 111 Å². The first kappa shape index (κ1) is 14.7. The SMILES string of the molecule is CCN(CC)CCSc1nc(N)ccc1[N+](=O)[O-]. The van der Waals surface area contributed by atoms with Gasteiger partial charge in [-0.1, -0.05) is 25.6 Å². The van der Waals surface area contributed by atoms with Crippen molar-refractivity contribution in [1.82, 2.24) is 9.88 Å². The summed E-state index contributed by atoms with van der Waals surface area (Å²) in [5, 5.41) is 11.2. The van der Waals surface area contributed by atoms with Gasteiger partial charge in [0.15, 0.2) is 5.03 Å². The van der Waals surface area contributed by atoms with Crippen molar-refractivity contribution in [3.05, 3.63) is 22.2 Å². The average Bonchev–Trinajstić information content (AvgIpc) is 2.34. The lowest BCUT2D eigenvalue weighted by molar-refractivity contribution is -0.388. The van der Waals surface area contributed by atoms with Gasteiger partial charge in [-0.25, -0.2) is 4.98 Å². The van der Waals surface area contributed by atoms with Crippen molar-refractivity contribution in [2.24, 2.45) is 0 Å². The summed E-state index contributed by atoms with van der Waals surface area (Å²) < 4.78 is 0. The van der Waals surface area contributed by atoms with Crippen LogP contribution < -0.4 is 5.73 Å². The third-order valence-corrected chi connectivity index (χ3v) is 3.56. The highest BCUT2D eigenvalue weighted by molar-refractivity contribution is 7.99. The number of nitrogens with zero attached hydrogens (tertiary/aromatic N) is 3. The van der Waals surface area contributed by atoms with E-state index in [2.05, 4.69) is 23.7 Å². The zero-order chi connectivity index (χ0) is 13.5. The van der Waals surface area contributed by atoms with Crippen LogP contribution in [0.5, 0.6) is 0 Å². The van der Waals surface area contributed by atoms with Crippen LogP contribution in [0.2, 0.25) is 0 Å². The summed E-state index contributed by atoms with van der Waals surface area (Å²) in [5.74, 6) is 1.07. The molecule has 100 valence electrons. The topological polar surface area (TPSA) is 85.3 Å².